The van der Waals surface area contributed by atoms with Crippen LogP contribution in [0.3, 0.4) is 0 Å². The topological polar surface area (TPSA) is 95.2 Å². The number of thiophene rings is 1. The number of benzene rings is 1. The van der Waals surface area contributed by atoms with Gasteiger partial charge >= 0.3 is 6.03 Å². The van der Waals surface area contributed by atoms with E-state index in [0.717, 1.165) is 26.6 Å². The Morgan fingerprint density at radius 3 is 2.85 bits per heavy atom. The molecule has 0 unspecified atom stereocenters. The van der Waals surface area contributed by atoms with E-state index in [-0.39, 0.29) is 12.5 Å². The first-order valence-corrected chi connectivity index (χ1v) is 11.6. The molecule has 6 rings (SSSR count). The van der Waals surface area contributed by atoms with Crippen LogP contribution in [0.5, 0.6) is 0 Å². The Kier molecular flexibility index (Phi) is 4.48. The van der Waals surface area contributed by atoms with E-state index >= 15 is 0 Å². The van der Waals surface area contributed by atoms with Crippen LogP contribution >= 0.6 is 11.3 Å². The number of hydrazone groups is 1. The SMILES string of the molecule is O=C1N[C@@]2(CCc3ccccc32)C(=O)N1CC(=O)N1N=C(c2cccs2)C[C@H]1c1ccco1. The van der Waals surface area contributed by atoms with Crippen LogP contribution in [-0.2, 0) is 21.5 Å². The molecule has 166 valence electrons. The summed E-state index contributed by atoms with van der Waals surface area (Å²) in [6.07, 6.45) is 3.24. The summed E-state index contributed by atoms with van der Waals surface area (Å²) < 4.78 is 5.57. The van der Waals surface area contributed by atoms with Crippen molar-refractivity contribution < 1.29 is 18.8 Å². The summed E-state index contributed by atoms with van der Waals surface area (Å²) in [6, 6.07) is 14.1. The third kappa shape index (κ3) is 3.03. The highest BCUT2D eigenvalue weighted by molar-refractivity contribution is 7.12. The van der Waals surface area contributed by atoms with E-state index in [4.69, 9.17) is 4.42 Å². The van der Waals surface area contributed by atoms with Gasteiger partial charge < -0.3 is 9.73 Å². The van der Waals surface area contributed by atoms with Crippen molar-refractivity contribution >= 4 is 34.9 Å². The molecule has 9 heteroatoms. The van der Waals surface area contributed by atoms with E-state index in [1.54, 1.807) is 29.7 Å². The lowest BCUT2D eigenvalue weighted by Crippen LogP contribution is -2.44. The standard InChI is InChI=1S/C24H20N4O4S/c29-21(28-18(19-7-3-11-32-19)13-17(26-28)20-8-4-12-33-20)14-27-22(30)24(25-23(27)31)10-9-15-5-1-2-6-16(15)24/h1-8,11-12,18H,9-10,13-14H2,(H,25,31)/t18-,24+/m0/s1. The fraction of sp³-hybridized carbons (Fsp3) is 0.250. The fourth-order valence-electron chi connectivity index (χ4n) is 4.98. The van der Waals surface area contributed by atoms with E-state index in [1.807, 2.05) is 41.8 Å². The Morgan fingerprint density at radius 2 is 2.06 bits per heavy atom. The molecule has 1 aromatic carbocycles. The molecule has 8 nitrogen and oxygen atoms in total. The van der Waals surface area contributed by atoms with Crippen LogP contribution in [0.25, 0.3) is 0 Å². The van der Waals surface area contributed by atoms with Crippen molar-refractivity contribution in [1.29, 1.82) is 0 Å². The zero-order valence-corrected chi connectivity index (χ0v) is 18.4. The number of furan rings is 1. The number of hydrogen-bond acceptors (Lipinski definition) is 6. The number of nitrogens with zero attached hydrogens (tertiary/aromatic N) is 3. The molecule has 3 aromatic rings. The average molecular weight is 461 g/mol. The van der Waals surface area contributed by atoms with Gasteiger partial charge in [-0.25, -0.2) is 9.80 Å². The van der Waals surface area contributed by atoms with E-state index in [0.29, 0.717) is 25.0 Å². The molecule has 2 atom stereocenters. The highest BCUT2D eigenvalue weighted by Crippen LogP contribution is 2.41. The van der Waals surface area contributed by atoms with Crippen LogP contribution in [0.1, 0.15) is 40.6 Å². The van der Waals surface area contributed by atoms with Gasteiger partial charge in [-0.15, -0.1) is 11.3 Å². The fourth-order valence-corrected chi connectivity index (χ4v) is 5.70. The van der Waals surface area contributed by atoms with Gasteiger partial charge in [-0.1, -0.05) is 30.3 Å². The van der Waals surface area contributed by atoms with Crippen LogP contribution in [-0.4, -0.2) is 40.0 Å². The van der Waals surface area contributed by atoms with Gasteiger partial charge in [0.05, 0.1) is 16.9 Å². The number of rotatable bonds is 4. The summed E-state index contributed by atoms with van der Waals surface area (Å²) >= 11 is 1.55. The van der Waals surface area contributed by atoms with Gasteiger partial charge in [0.15, 0.2) is 0 Å². The molecule has 33 heavy (non-hydrogen) atoms. The van der Waals surface area contributed by atoms with Crippen LogP contribution in [0, 0.1) is 0 Å². The maximum Gasteiger partial charge on any atom is 0.325 e. The summed E-state index contributed by atoms with van der Waals surface area (Å²) in [6.45, 7) is -0.382. The number of carbonyl (C=O) groups excluding carboxylic acids is 3. The number of aryl methyl sites for hydroxylation is 1. The molecule has 1 spiro atoms. The number of amides is 4. The van der Waals surface area contributed by atoms with Crippen molar-refractivity contribution in [2.24, 2.45) is 5.10 Å². The molecule has 4 amide bonds. The van der Waals surface area contributed by atoms with Gasteiger partial charge in [0, 0.05) is 6.42 Å². The van der Waals surface area contributed by atoms with E-state index in [2.05, 4.69) is 10.4 Å². The minimum Gasteiger partial charge on any atom is -0.467 e. The number of carbonyl (C=O) groups is 3. The smallest absolute Gasteiger partial charge is 0.325 e. The van der Waals surface area contributed by atoms with Gasteiger partial charge in [0.2, 0.25) is 0 Å². The average Bonchev–Trinajstić information content (AvgIpc) is 3.62. The molecule has 2 aliphatic heterocycles. The van der Waals surface area contributed by atoms with E-state index < -0.39 is 23.5 Å². The molecule has 3 aliphatic rings. The van der Waals surface area contributed by atoms with Gasteiger partial charge in [0.25, 0.3) is 11.8 Å². The van der Waals surface area contributed by atoms with Crippen molar-refractivity contribution in [2.75, 3.05) is 6.54 Å². The first-order chi connectivity index (χ1) is 16.1. The second-order valence-electron chi connectivity index (χ2n) is 8.38. The lowest BCUT2D eigenvalue weighted by Gasteiger charge is -2.24. The quantitative estimate of drug-likeness (QED) is 0.604. The third-order valence-corrected chi connectivity index (χ3v) is 7.48. The normalized spacial score (nSPS) is 23.9. The zero-order chi connectivity index (χ0) is 22.6. The predicted octanol–water partition coefficient (Wildman–Crippen LogP) is 3.41. The number of fused-ring (bicyclic) bond motifs is 2. The van der Waals surface area contributed by atoms with Crippen LogP contribution in [0.2, 0.25) is 0 Å². The highest BCUT2D eigenvalue weighted by Gasteiger charge is 2.56. The molecule has 2 aromatic heterocycles. The van der Waals surface area contributed by atoms with Gasteiger partial charge in [-0.05, 0) is 47.5 Å². The number of urea groups is 1. The predicted molar refractivity (Wildman–Crippen MR) is 120 cm³/mol. The van der Waals surface area contributed by atoms with Gasteiger partial charge in [0.1, 0.15) is 23.9 Å². The number of imide groups is 1. The highest BCUT2D eigenvalue weighted by atomic mass is 32.1. The molecule has 1 aliphatic carbocycles. The first-order valence-electron chi connectivity index (χ1n) is 10.8. The second kappa shape index (κ2) is 7.41. The van der Waals surface area contributed by atoms with E-state index in [1.165, 1.54) is 5.01 Å². The molecule has 0 radical (unpaired) electrons. The van der Waals surface area contributed by atoms with Crippen molar-refractivity contribution in [3.63, 3.8) is 0 Å². The summed E-state index contributed by atoms with van der Waals surface area (Å²) in [4.78, 5) is 41.6. The maximum atomic E-state index is 13.4. The van der Waals surface area contributed by atoms with E-state index in [9.17, 15) is 14.4 Å². The Bertz CT molecular complexity index is 1280. The Labute approximate surface area is 193 Å². The van der Waals surface area contributed by atoms with Crippen LogP contribution in [0.4, 0.5) is 4.79 Å². The Balaban J connectivity index is 1.28. The van der Waals surface area contributed by atoms with Crippen molar-refractivity contribution in [1.82, 2.24) is 15.2 Å². The monoisotopic (exact) mass is 460 g/mol. The molecule has 1 N–H and O–H groups in total. The molecule has 4 heterocycles. The molecular weight excluding hydrogens is 440 g/mol. The summed E-state index contributed by atoms with van der Waals surface area (Å²) in [7, 11) is 0. The number of hydrogen-bond donors (Lipinski definition) is 1. The zero-order valence-electron chi connectivity index (χ0n) is 17.6. The Morgan fingerprint density at radius 1 is 1.18 bits per heavy atom. The summed E-state index contributed by atoms with van der Waals surface area (Å²) in [5.74, 6) is -0.214. The van der Waals surface area contributed by atoms with Gasteiger partial charge in [-0.3, -0.25) is 14.5 Å². The molecule has 0 bridgehead atoms. The number of nitrogens with one attached hydrogen (secondary N) is 1. The molecular formula is C24H20N4O4S. The minimum absolute atomic E-state index is 0.382. The lowest BCUT2D eigenvalue weighted by atomic mass is 9.92. The van der Waals surface area contributed by atoms with Crippen molar-refractivity contribution in [2.45, 2.75) is 30.8 Å². The second-order valence-corrected chi connectivity index (χ2v) is 9.33. The van der Waals surface area contributed by atoms with Gasteiger partial charge in [-0.2, -0.15) is 5.10 Å². The third-order valence-electron chi connectivity index (χ3n) is 6.56. The lowest BCUT2D eigenvalue weighted by molar-refractivity contribution is -0.140. The first kappa shape index (κ1) is 19.9. The Hall–Kier alpha value is -3.72. The van der Waals surface area contributed by atoms with Crippen LogP contribution < -0.4 is 5.32 Å². The van der Waals surface area contributed by atoms with Crippen molar-refractivity contribution in [3.05, 3.63) is 81.9 Å². The summed E-state index contributed by atoms with van der Waals surface area (Å²) in [5, 5.41) is 10.7. The summed E-state index contributed by atoms with van der Waals surface area (Å²) in [5.41, 5.74) is 1.54. The minimum atomic E-state index is -1.09. The molecule has 1 saturated heterocycles. The molecule has 1 fully saturated rings. The maximum absolute atomic E-state index is 13.4. The largest absolute Gasteiger partial charge is 0.467 e. The van der Waals surface area contributed by atoms with Crippen LogP contribution in [0.15, 0.2) is 69.7 Å². The molecule has 0 saturated carbocycles. The van der Waals surface area contributed by atoms with Crippen molar-refractivity contribution in [3.8, 4) is 0 Å².